The van der Waals surface area contributed by atoms with Crippen LogP contribution in [-0.2, 0) is 31.7 Å². The van der Waals surface area contributed by atoms with Crippen LogP contribution in [0.1, 0.15) is 45.7 Å². The second kappa shape index (κ2) is 12.4. The van der Waals surface area contributed by atoms with Crippen molar-refractivity contribution < 1.29 is 38.7 Å². The van der Waals surface area contributed by atoms with Gasteiger partial charge in [0.2, 0.25) is 11.8 Å². The van der Waals surface area contributed by atoms with Crippen molar-refractivity contribution in [3.63, 3.8) is 0 Å². The van der Waals surface area contributed by atoms with E-state index in [9.17, 15) is 19.2 Å². The fraction of sp³-hybridized carbons (Fsp3) is 0.273. The van der Waals surface area contributed by atoms with Gasteiger partial charge in [0.25, 0.3) is 0 Å². The molecule has 0 radical (unpaired) electrons. The summed E-state index contributed by atoms with van der Waals surface area (Å²) >= 11 is 0. The zero-order valence-electron chi connectivity index (χ0n) is 18.2. The van der Waals surface area contributed by atoms with Gasteiger partial charge >= 0.3 is 19.6 Å². The number of rotatable bonds is 12. The fourth-order valence-corrected chi connectivity index (χ4v) is 3.05. The number of benzene rings is 2. The Hall–Kier alpha value is -3.70. The molecule has 10 nitrogen and oxygen atoms in total. The zero-order valence-corrected chi connectivity index (χ0v) is 18.2. The van der Waals surface area contributed by atoms with E-state index >= 15 is 0 Å². The highest BCUT2D eigenvalue weighted by atomic mass is 16.6. The highest BCUT2D eigenvalue weighted by molar-refractivity contribution is 6.18. The minimum Gasteiger partial charge on any atom is -0.478 e. The van der Waals surface area contributed by atoms with Gasteiger partial charge in [0.05, 0.1) is 11.1 Å². The van der Waals surface area contributed by atoms with E-state index < -0.39 is 24.4 Å². The summed E-state index contributed by atoms with van der Waals surface area (Å²) in [6.07, 6.45) is -1.23. The van der Waals surface area contributed by atoms with Gasteiger partial charge in [-0.1, -0.05) is 24.3 Å². The van der Waals surface area contributed by atoms with Crippen LogP contribution in [0.25, 0.3) is 0 Å². The molecule has 33 heavy (non-hydrogen) atoms. The van der Waals surface area contributed by atoms with Crippen LogP contribution in [0.4, 0.5) is 0 Å². The molecule has 0 spiro atoms. The van der Waals surface area contributed by atoms with E-state index in [0.29, 0.717) is 11.1 Å². The molecule has 0 aliphatic carbocycles. The van der Waals surface area contributed by atoms with E-state index in [-0.39, 0.29) is 43.5 Å². The maximum atomic E-state index is 11.6. The first-order chi connectivity index (χ1) is 15.6. The number of carbonyl (C=O) groups is 4. The van der Waals surface area contributed by atoms with Gasteiger partial charge in [-0.25, -0.2) is 9.59 Å². The number of carboxylic acid groups (broad SMARTS) is 2. The standard InChI is InChI=1S/C22H25BN2O8/c1-13(26)24-19(11-15-5-3-7-17(9-15)21(28)29)32-23-33-20(25-14(2)27)12-16-6-4-8-18(10-16)22(30)31/h3-10,19-20,23H,11-12H2,1-2H3,(H,24,26)(H,25,27)(H,28,29)(H,30,31). The summed E-state index contributed by atoms with van der Waals surface area (Å²) < 4.78 is 11.2. The van der Waals surface area contributed by atoms with Gasteiger partial charge in [-0.05, 0) is 35.4 Å². The third kappa shape index (κ3) is 9.13. The van der Waals surface area contributed by atoms with E-state index in [4.69, 9.17) is 19.5 Å². The van der Waals surface area contributed by atoms with Crippen LogP contribution in [0.2, 0.25) is 0 Å². The van der Waals surface area contributed by atoms with Gasteiger partial charge in [-0.15, -0.1) is 0 Å². The summed E-state index contributed by atoms with van der Waals surface area (Å²) in [5.41, 5.74) is 1.49. The molecule has 0 bridgehead atoms. The lowest BCUT2D eigenvalue weighted by Gasteiger charge is -2.22. The highest BCUT2D eigenvalue weighted by Crippen LogP contribution is 2.11. The number of carbonyl (C=O) groups excluding carboxylic acids is 2. The molecule has 0 saturated heterocycles. The molecule has 2 unspecified atom stereocenters. The molecule has 2 aromatic rings. The summed E-state index contributed by atoms with van der Waals surface area (Å²) in [6.45, 7) is 2.64. The Kier molecular flexibility index (Phi) is 9.58. The zero-order chi connectivity index (χ0) is 24.4. The molecule has 2 amide bonds. The first kappa shape index (κ1) is 25.6. The molecule has 2 atom stereocenters. The summed E-state index contributed by atoms with van der Waals surface area (Å²) in [5, 5.41) is 23.5. The van der Waals surface area contributed by atoms with Gasteiger partial charge in [0, 0.05) is 26.7 Å². The van der Waals surface area contributed by atoms with Crippen LogP contribution >= 0.6 is 0 Å². The Bertz CT molecular complexity index is 934. The van der Waals surface area contributed by atoms with Crippen molar-refractivity contribution in [1.82, 2.24) is 10.6 Å². The van der Waals surface area contributed by atoms with Crippen molar-refractivity contribution in [2.75, 3.05) is 0 Å². The van der Waals surface area contributed by atoms with Crippen molar-refractivity contribution in [3.05, 3.63) is 70.8 Å². The van der Waals surface area contributed by atoms with Crippen LogP contribution in [-0.4, -0.2) is 54.1 Å². The van der Waals surface area contributed by atoms with Crippen LogP contribution in [0.5, 0.6) is 0 Å². The monoisotopic (exact) mass is 456 g/mol. The Morgan fingerprint density at radius 3 is 1.52 bits per heavy atom. The smallest absolute Gasteiger partial charge is 0.441 e. The Morgan fingerprint density at radius 2 is 1.18 bits per heavy atom. The molecule has 2 aromatic carbocycles. The lowest BCUT2D eigenvalue weighted by atomic mass is 10.1. The number of nitrogens with one attached hydrogen (secondary N) is 2. The first-order valence-electron chi connectivity index (χ1n) is 10.1. The molecule has 0 aromatic heterocycles. The quantitative estimate of drug-likeness (QED) is 0.274. The third-order valence-corrected chi connectivity index (χ3v) is 4.46. The summed E-state index contributed by atoms with van der Waals surface area (Å²) in [6, 6.07) is 12.5. The van der Waals surface area contributed by atoms with Gasteiger partial charge in [-0.2, -0.15) is 0 Å². The summed E-state index contributed by atoms with van der Waals surface area (Å²) in [4.78, 5) is 45.5. The average Bonchev–Trinajstić information content (AvgIpc) is 2.73. The normalized spacial score (nSPS) is 12.3. The number of amides is 2. The van der Waals surface area contributed by atoms with Gasteiger partial charge < -0.3 is 30.2 Å². The molecule has 4 N–H and O–H groups in total. The molecule has 174 valence electrons. The molecular formula is C22H25BN2O8. The van der Waals surface area contributed by atoms with Crippen molar-refractivity contribution in [2.24, 2.45) is 0 Å². The molecule has 11 heteroatoms. The van der Waals surface area contributed by atoms with Crippen molar-refractivity contribution >= 4 is 31.4 Å². The first-order valence-corrected chi connectivity index (χ1v) is 10.1. The highest BCUT2D eigenvalue weighted by Gasteiger charge is 2.17. The third-order valence-electron chi connectivity index (χ3n) is 4.46. The maximum Gasteiger partial charge on any atom is 0.441 e. The van der Waals surface area contributed by atoms with Crippen LogP contribution in [0.15, 0.2) is 48.5 Å². The number of hydrogen-bond donors (Lipinski definition) is 4. The topological polar surface area (TPSA) is 151 Å². The van der Waals surface area contributed by atoms with Gasteiger partial charge in [0.1, 0.15) is 12.5 Å². The molecule has 0 fully saturated rings. The van der Waals surface area contributed by atoms with E-state index in [1.54, 1.807) is 24.3 Å². The average molecular weight is 456 g/mol. The molecule has 2 rings (SSSR count). The molecule has 0 aliphatic heterocycles. The second-order valence-corrected chi connectivity index (χ2v) is 7.25. The minimum absolute atomic E-state index is 0.111. The van der Waals surface area contributed by atoms with E-state index in [1.165, 1.54) is 38.1 Å². The van der Waals surface area contributed by atoms with E-state index in [2.05, 4.69) is 10.6 Å². The van der Waals surface area contributed by atoms with Crippen LogP contribution < -0.4 is 10.6 Å². The summed E-state index contributed by atoms with van der Waals surface area (Å²) in [7, 11) is -0.298. The molecule has 0 aliphatic rings. The Labute approximate surface area is 191 Å². The van der Waals surface area contributed by atoms with Crippen LogP contribution in [0.3, 0.4) is 0 Å². The molecule has 0 heterocycles. The SMILES string of the molecule is CC(=O)NC(Cc1cccc(C(=O)O)c1)OBOC(Cc1cccc(C(=O)O)c1)NC(C)=O. The fourth-order valence-electron chi connectivity index (χ4n) is 3.05. The van der Waals surface area contributed by atoms with E-state index in [0.717, 1.165) is 0 Å². The van der Waals surface area contributed by atoms with Gasteiger partial charge in [-0.3, -0.25) is 9.59 Å². The van der Waals surface area contributed by atoms with Crippen LogP contribution in [0, 0.1) is 0 Å². The predicted molar refractivity (Wildman–Crippen MR) is 119 cm³/mol. The lowest BCUT2D eigenvalue weighted by Crippen LogP contribution is -2.42. The number of hydrogen-bond acceptors (Lipinski definition) is 6. The molecular weight excluding hydrogens is 431 g/mol. The van der Waals surface area contributed by atoms with E-state index in [1.807, 2.05) is 0 Å². The summed E-state index contributed by atoms with van der Waals surface area (Å²) in [5.74, 6) is -2.83. The predicted octanol–water partition coefficient (Wildman–Crippen LogP) is 1.09. The van der Waals surface area contributed by atoms with Crippen molar-refractivity contribution in [1.29, 1.82) is 0 Å². The number of carboxylic acids is 2. The van der Waals surface area contributed by atoms with Gasteiger partial charge in [0.15, 0.2) is 0 Å². The molecule has 0 saturated carbocycles. The second-order valence-electron chi connectivity index (χ2n) is 7.25. The Morgan fingerprint density at radius 1 is 0.788 bits per heavy atom. The Balaban J connectivity index is 2.03. The van der Waals surface area contributed by atoms with Crippen molar-refractivity contribution in [2.45, 2.75) is 39.1 Å². The minimum atomic E-state index is -1.07. The largest absolute Gasteiger partial charge is 0.478 e. The number of aromatic carboxylic acids is 2. The lowest BCUT2D eigenvalue weighted by molar-refractivity contribution is -0.121. The maximum absolute atomic E-state index is 11.6. The van der Waals surface area contributed by atoms with Crippen molar-refractivity contribution in [3.8, 4) is 0 Å².